The molecule has 0 N–H and O–H groups in total. The standard InChI is InChI=1S/C10H14Br2O2S/c1-10(5-11,6-12)7-14-9-4-15-3-8(9)13-2/h3-4H,5-7H2,1-2H3. The number of methoxy groups -OCH3 is 1. The number of alkyl halides is 2. The van der Waals surface area contributed by atoms with E-state index in [2.05, 4.69) is 38.8 Å². The molecule has 86 valence electrons. The molecule has 0 bridgehead atoms. The summed E-state index contributed by atoms with van der Waals surface area (Å²) in [6.07, 6.45) is 0. The van der Waals surface area contributed by atoms with Crippen LogP contribution in [0.2, 0.25) is 0 Å². The van der Waals surface area contributed by atoms with Crippen molar-refractivity contribution in [2.24, 2.45) is 5.41 Å². The van der Waals surface area contributed by atoms with Gasteiger partial charge in [-0.25, -0.2) is 0 Å². The molecule has 2 nitrogen and oxygen atoms in total. The highest BCUT2D eigenvalue weighted by Crippen LogP contribution is 2.33. The zero-order valence-electron chi connectivity index (χ0n) is 8.76. The third-order valence-electron chi connectivity index (χ3n) is 2.03. The molecule has 15 heavy (non-hydrogen) atoms. The number of hydrogen-bond donors (Lipinski definition) is 0. The molecule has 0 fully saturated rings. The molecule has 0 aliphatic carbocycles. The highest BCUT2D eigenvalue weighted by atomic mass is 79.9. The summed E-state index contributed by atoms with van der Waals surface area (Å²) in [5.41, 5.74) is 0.104. The van der Waals surface area contributed by atoms with Crippen molar-refractivity contribution >= 4 is 43.2 Å². The van der Waals surface area contributed by atoms with Gasteiger partial charge in [0.25, 0.3) is 0 Å². The van der Waals surface area contributed by atoms with Crippen molar-refractivity contribution in [2.45, 2.75) is 6.92 Å². The molecule has 0 amide bonds. The Morgan fingerprint density at radius 2 is 1.87 bits per heavy atom. The highest BCUT2D eigenvalue weighted by Gasteiger charge is 2.23. The van der Waals surface area contributed by atoms with Gasteiger partial charge in [-0.2, -0.15) is 0 Å². The first-order valence-corrected chi connectivity index (χ1v) is 7.68. The molecule has 1 heterocycles. The van der Waals surface area contributed by atoms with Crippen LogP contribution in [0.5, 0.6) is 11.5 Å². The molecule has 0 saturated carbocycles. The minimum absolute atomic E-state index is 0.104. The Kier molecular flexibility index (Phi) is 5.43. The topological polar surface area (TPSA) is 18.5 Å². The average Bonchev–Trinajstić information content (AvgIpc) is 2.73. The predicted molar refractivity (Wildman–Crippen MR) is 72.1 cm³/mol. The summed E-state index contributed by atoms with van der Waals surface area (Å²) in [6, 6.07) is 0. The number of halogens is 2. The van der Waals surface area contributed by atoms with Crippen molar-refractivity contribution in [2.75, 3.05) is 24.4 Å². The molecule has 0 radical (unpaired) electrons. The quantitative estimate of drug-likeness (QED) is 0.718. The molecular formula is C10H14Br2O2S. The Hall–Kier alpha value is 0.260. The van der Waals surface area contributed by atoms with E-state index < -0.39 is 0 Å². The molecule has 0 unspecified atom stereocenters. The Bertz CT molecular complexity index is 297. The van der Waals surface area contributed by atoms with Crippen LogP contribution in [0.3, 0.4) is 0 Å². The Balaban J connectivity index is 2.56. The van der Waals surface area contributed by atoms with E-state index in [0.29, 0.717) is 6.61 Å². The summed E-state index contributed by atoms with van der Waals surface area (Å²) in [5, 5.41) is 5.70. The summed E-state index contributed by atoms with van der Waals surface area (Å²) in [5.74, 6) is 1.64. The number of thiophene rings is 1. The summed E-state index contributed by atoms with van der Waals surface area (Å²) in [4.78, 5) is 0. The van der Waals surface area contributed by atoms with E-state index >= 15 is 0 Å². The highest BCUT2D eigenvalue weighted by molar-refractivity contribution is 9.09. The molecule has 0 aliphatic heterocycles. The molecule has 0 spiro atoms. The SMILES string of the molecule is COc1cscc1OCC(C)(CBr)CBr. The summed E-state index contributed by atoms with van der Waals surface area (Å²) in [7, 11) is 1.66. The molecule has 0 saturated heterocycles. The largest absolute Gasteiger partial charge is 0.492 e. The fourth-order valence-corrected chi connectivity index (χ4v) is 2.86. The van der Waals surface area contributed by atoms with E-state index in [1.54, 1.807) is 18.4 Å². The van der Waals surface area contributed by atoms with E-state index in [1.165, 1.54) is 0 Å². The maximum Gasteiger partial charge on any atom is 0.171 e. The second-order valence-electron chi connectivity index (χ2n) is 3.67. The van der Waals surface area contributed by atoms with Gasteiger partial charge in [0.05, 0.1) is 13.7 Å². The van der Waals surface area contributed by atoms with Gasteiger partial charge in [-0.15, -0.1) is 11.3 Å². The van der Waals surface area contributed by atoms with Crippen molar-refractivity contribution in [1.82, 2.24) is 0 Å². The van der Waals surface area contributed by atoms with Gasteiger partial charge in [0.2, 0.25) is 0 Å². The van der Waals surface area contributed by atoms with E-state index in [4.69, 9.17) is 9.47 Å². The molecule has 1 aromatic rings. The smallest absolute Gasteiger partial charge is 0.171 e. The van der Waals surface area contributed by atoms with Crippen molar-refractivity contribution in [3.05, 3.63) is 10.8 Å². The zero-order valence-corrected chi connectivity index (χ0v) is 12.7. The van der Waals surface area contributed by atoms with Crippen LogP contribution in [0.15, 0.2) is 10.8 Å². The number of ether oxygens (including phenoxy) is 2. The van der Waals surface area contributed by atoms with Gasteiger partial charge in [-0.3, -0.25) is 0 Å². The van der Waals surface area contributed by atoms with Gasteiger partial charge >= 0.3 is 0 Å². The van der Waals surface area contributed by atoms with Gasteiger partial charge < -0.3 is 9.47 Å². The van der Waals surface area contributed by atoms with Crippen LogP contribution in [-0.2, 0) is 0 Å². The monoisotopic (exact) mass is 356 g/mol. The van der Waals surface area contributed by atoms with Crippen molar-refractivity contribution in [1.29, 1.82) is 0 Å². The zero-order chi connectivity index (χ0) is 11.3. The Morgan fingerprint density at radius 3 is 2.40 bits per heavy atom. The normalized spacial score (nSPS) is 11.5. The van der Waals surface area contributed by atoms with Crippen molar-refractivity contribution in [3.8, 4) is 11.5 Å². The lowest BCUT2D eigenvalue weighted by Gasteiger charge is -2.24. The lowest BCUT2D eigenvalue weighted by molar-refractivity contribution is 0.202. The van der Waals surface area contributed by atoms with E-state index in [9.17, 15) is 0 Å². The second-order valence-corrected chi connectivity index (χ2v) is 5.54. The molecule has 5 heteroatoms. The Morgan fingerprint density at radius 1 is 1.27 bits per heavy atom. The van der Waals surface area contributed by atoms with Crippen LogP contribution in [-0.4, -0.2) is 24.4 Å². The van der Waals surface area contributed by atoms with Gasteiger partial charge in [-0.05, 0) is 0 Å². The number of rotatable bonds is 6. The average molecular weight is 358 g/mol. The molecule has 0 aliphatic rings. The first-order valence-electron chi connectivity index (χ1n) is 4.50. The molecule has 1 rings (SSSR count). The molecule has 0 atom stereocenters. The fraction of sp³-hybridized carbons (Fsp3) is 0.600. The predicted octanol–water partition coefficient (Wildman–Crippen LogP) is 3.93. The Labute approximate surface area is 111 Å². The van der Waals surface area contributed by atoms with Gasteiger partial charge in [0.1, 0.15) is 0 Å². The van der Waals surface area contributed by atoms with Gasteiger partial charge in [0, 0.05) is 26.8 Å². The maximum atomic E-state index is 5.74. The fourth-order valence-electron chi connectivity index (χ4n) is 0.892. The van der Waals surface area contributed by atoms with Crippen molar-refractivity contribution < 1.29 is 9.47 Å². The molecule has 0 aromatic carbocycles. The van der Waals surface area contributed by atoms with Crippen LogP contribution in [0.4, 0.5) is 0 Å². The minimum Gasteiger partial charge on any atom is -0.492 e. The first kappa shape index (κ1) is 13.3. The molecule has 1 aromatic heterocycles. The molecular weight excluding hydrogens is 344 g/mol. The lowest BCUT2D eigenvalue weighted by Crippen LogP contribution is -2.28. The minimum atomic E-state index is 0.104. The summed E-state index contributed by atoms with van der Waals surface area (Å²) >= 11 is 8.57. The van der Waals surface area contributed by atoms with Gasteiger partial charge in [0.15, 0.2) is 11.5 Å². The van der Waals surface area contributed by atoms with Crippen LogP contribution >= 0.6 is 43.2 Å². The summed E-state index contributed by atoms with van der Waals surface area (Å²) in [6.45, 7) is 2.83. The third kappa shape index (κ3) is 3.64. The van der Waals surface area contributed by atoms with Gasteiger partial charge in [-0.1, -0.05) is 38.8 Å². The van der Waals surface area contributed by atoms with E-state index in [1.807, 2.05) is 10.8 Å². The summed E-state index contributed by atoms with van der Waals surface area (Å²) < 4.78 is 10.9. The van der Waals surface area contributed by atoms with Crippen LogP contribution in [0.1, 0.15) is 6.92 Å². The van der Waals surface area contributed by atoms with E-state index in [-0.39, 0.29) is 5.41 Å². The number of hydrogen-bond acceptors (Lipinski definition) is 3. The van der Waals surface area contributed by atoms with Crippen LogP contribution in [0.25, 0.3) is 0 Å². The second kappa shape index (κ2) is 6.11. The third-order valence-corrected chi connectivity index (χ3v) is 5.44. The first-order chi connectivity index (χ1) is 7.15. The van der Waals surface area contributed by atoms with Crippen molar-refractivity contribution in [3.63, 3.8) is 0 Å². The lowest BCUT2D eigenvalue weighted by atomic mass is 9.98. The van der Waals surface area contributed by atoms with E-state index in [0.717, 1.165) is 22.2 Å². The van der Waals surface area contributed by atoms with Crippen LogP contribution in [0, 0.1) is 5.41 Å². The van der Waals surface area contributed by atoms with Crippen LogP contribution < -0.4 is 9.47 Å². The maximum absolute atomic E-state index is 5.74.